The van der Waals surface area contributed by atoms with E-state index in [0.717, 1.165) is 11.5 Å². The van der Waals surface area contributed by atoms with Gasteiger partial charge in [0.2, 0.25) is 0 Å². The molecule has 0 unspecified atom stereocenters. The summed E-state index contributed by atoms with van der Waals surface area (Å²) in [7, 11) is 0. The predicted molar refractivity (Wildman–Crippen MR) is 80.0 cm³/mol. The van der Waals surface area contributed by atoms with Crippen molar-refractivity contribution in [3.8, 4) is 5.75 Å². The summed E-state index contributed by atoms with van der Waals surface area (Å²) in [6.45, 7) is 4.79. The number of benzene rings is 1. The SMILES string of the molecule is CC1(C)C=C2c3ccccc3OC[C@@H]2[C@@H](c2ccco2)O1. The lowest BCUT2D eigenvalue weighted by Crippen LogP contribution is -2.38. The molecule has 4 rings (SSSR count). The highest BCUT2D eigenvalue weighted by molar-refractivity contribution is 5.75. The van der Waals surface area contributed by atoms with Crippen molar-refractivity contribution in [3.63, 3.8) is 0 Å². The first-order chi connectivity index (χ1) is 10.1. The van der Waals surface area contributed by atoms with Gasteiger partial charge in [-0.15, -0.1) is 0 Å². The lowest BCUT2D eigenvalue weighted by Gasteiger charge is -2.42. The molecule has 3 heterocycles. The van der Waals surface area contributed by atoms with Crippen LogP contribution in [-0.2, 0) is 4.74 Å². The van der Waals surface area contributed by atoms with Gasteiger partial charge in [-0.1, -0.05) is 18.2 Å². The number of rotatable bonds is 1. The van der Waals surface area contributed by atoms with Gasteiger partial charge in [-0.3, -0.25) is 0 Å². The number of ether oxygens (including phenoxy) is 2. The molecule has 3 heteroatoms. The molecule has 21 heavy (non-hydrogen) atoms. The van der Waals surface area contributed by atoms with E-state index in [1.54, 1.807) is 6.26 Å². The second kappa shape index (κ2) is 4.50. The third-order valence-electron chi connectivity index (χ3n) is 4.14. The number of furan rings is 1. The Morgan fingerprint density at radius 3 is 2.76 bits per heavy atom. The van der Waals surface area contributed by atoms with Gasteiger partial charge in [0, 0.05) is 5.56 Å². The van der Waals surface area contributed by atoms with E-state index in [0.29, 0.717) is 6.61 Å². The molecule has 2 aliphatic rings. The zero-order valence-electron chi connectivity index (χ0n) is 12.2. The van der Waals surface area contributed by atoms with Gasteiger partial charge < -0.3 is 13.9 Å². The molecule has 1 aromatic heterocycles. The minimum atomic E-state index is -0.326. The van der Waals surface area contributed by atoms with Crippen LogP contribution in [0.2, 0.25) is 0 Å². The minimum absolute atomic E-state index is 0.108. The van der Waals surface area contributed by atoms with E-state index in [2.05, 4.69) is 32.1 Å². The fourth-order valence-corrected chi connectivity index (χ4v) is 3.26. The largest absolute Gasteiger partial charge is 0.492 e. The second-order valence-electron chi connectivity index (χ2n) is 6.17. The Morgan fingerprint density at radius 2 is 1.95 bits per heavy atom. The maximum absolute atomic E-state index is 6.25. The standard InChI is InChI=1S/C18H18O3/c1-18(2)10-13-12-6-3-4-7-15(12)20-11-14(13)17(21-18)16-8-5-9-19-16/h3-10,14,17H,11H2,1-2H3/t14-,17-/m0/s1. The summed E-state index contributed by atoms with van der Waals surface area (Å²) in [6, 6.07) is 12.1. The zero-order chi connectivity index (χ0) is 14.4. The Balaban J connectivity index is 1.84. The molecule has 3 nitrogen and oxygen atoms in total. The van der Waals surface area contributed by atoms with Crippen molar-refractivity contribution in [2.75, 3.05) is 6.61 Å². The van der Waals surface area contributed by atoms with Crippen molar-refractivity contribution in [2.45, 2.75) is 25.6 Å². The summed E-state index contributed by atoms with van der Waals surface area (Å²) < 4.78 is 17.8. The average molecular weight is 282 g/mol. The third kappa shape index (κ3) is 2.09. The van der Waals surface area contributed by atoms with Gasteiger partial charge in [0.1, 0.15) is 17.6 Å². The summed E-state index contributed by atoms with van der Waals surface area (Å²) in [5.74, 6) is 1.98. The van der Waals surface area contributed by atoms with E-state index >= 15 is 0 Å². The molecule has 0 bridgehead atoms. The Bertz CT molecular complexity index is 682. The molecule has 108 valence electrons. The monoisotopic (exact) mass is 282 g/mol. The summed E-state index contributed by atoms with van der Waals surface area (Å²) in [5, 5.41) is 0. The topological polar surface area (TPSA) is 31.6 Å². The van der Waals surface area contributed by atoms with Crippen LogP contribution in [0.25, 0.3) is 5.57 Å². The van der Waals surface area contributed by atoms with Crippen molar-refractivity contribution < 1.29 is 13.9 Å². The third-order valence-corrected chi connectivity index (χ3v) is 4.14. The van der Waals surface area contributed by atoms with Gasteiger partial charge in [-0.25, -0.2) is 0 Å². The molecule has 0 radical (unpaired) electrons. The summed E-state index contributed by atoms with van der Waals surface area (Å²) in [4.78, 5) is 0. The van der Waals surface area contributed by atoms with Crippen molar-refractivity contribution in [2.24, 2.45) is 5.92 Å². The molecule has 0 spiro atoms. The van der Waals surface area contributed by atoms with Crippen LogP contribution in [0.3, 0.4) is 0 Å². The quantitative estimate of drug-likeness (QED) is 0.784. The van der Waals surface area contributed by atoms with Crippen LogP contribution in [-0.4, -0.2) is 12.2 Å². The van der Waals surface area contributed by atoms with Gasteiger partial charge in [-0.2, -0.15) is 0 Å². The minimum Gasteiger partial charge on any atom is -0.492 e. The Labute approximate surface area is 124 Å². The van der Waals surface area contributed by atoms with Crippen molar-refractivity contribution in [1.29, 1.82) is 0 Å². The van der Waals surface area contributed by atoms with Crippen molar-refractivity contribution >= 4 is 5.57 Å². The number of hydrogen-bond donors (Lipinski definition) is 0. The van der Waals surface area contributed by atoms with Crippen molar-refractivity contribution in [1.82, 2.24) is 0 Å². The Kier molecular flexibility index (Phi) is 2.73. The van der Waals surface area contributed by atoms with Gasteiger partial charge in [0.05, 0.1) is 24.4 Å². The predicted octanol–water partition coefficient (Wildman–Crippen LogP) is 4.22. The normalized spacial score (nSPS) is 26.3. The summed E-state index contributed by atoms with van der Waals surface area (Å²) in [6.07, 6.45) is 3.81. The van der Waals surface area contributed by atoms with Gasteiger partial charge in [0.15, 0.2) is 0 Å². The first-order valence-electron chi connectivity index (χ1n) is 7.30. The van der Waals surface area contributed by atoms with Gasteiger partial charge in [-0.05, 0) is 43.7 Å². The lowest BCUT2D eigenvalue weighted by atomic mass is 9.80. The maximum atomic E-state index is 6.25. The summed E-state index contributed by atoms with van der Waals surface area (Å²) >= 11 is 0. The van der Waals surface area contributed by atoms with Crippen LogP contribution in [0.5, 0.6) is 5.75 Å². The summed E-state index contributed by atoms with van der Waals surface area (Å²) in [5.41, 5.74) is 2.14. The Morgan fingerprint density at radius 1 is 1.10 bits per heavy atom. The molecular weight excluding hydrogens is 264 g/mol. The van der Waals surface area contributed by atoms with Crippen LogP contribution in [0.4, 0.5) is 0 Å². The van der Waals surface area contributed by atoms with Crippen LogP contribution >= 0.6 is 0 Å². The fourth-order valence-electron chi connectivity index (χ4n) is 3.26. The van der Waals surface area contributed by atoms with E-state index in [9.17, 15) is 0 Å². The zero-order valence-corrected chi connectivity index (χ0v) is 12.2. The van der Waals surface area contributed by atoms with E-state index < -0.39 is 0 Å². The molecule has 0 saturated carbocycles. The highest BCUT2D eigenvalue weighted by Crippen LogP contribution is 2.48. The molecular formula is C18H18O3. The number of hydrogen-bond acceptors (Lipinski definition) is 3. The van der Waals surface area contributed by atoms with Crippen LogP contribution in [0.1, 0.15) is 31.3 Å². The first-order valence-corrected chi connectivity index (χ1v) is 7.30. The smallest absolute Gasteiger partial charge is 0.133 e. The molecule has 0 amide bonds. The second-order valence-corrected chi connectivity index (χ2v) is 6.17. The van der Waals surface area contributed by atoms with Gasteiger partial charge in [0.25, 0.3) is 0 Å². The number of fused-ring (bicyclic) bond motifs is 3. The van der Waals surface area contributed by atoms with E-state index in [-0.39, 0.29) is 17.6 Å². The van der Waals surface area contributed by atoms with Gasteiger partial charge >= 0.3 is 0 Å². The molecule has 1 aromatic carbocycles. The first kappa shape index (κ1) is 12.7. The molecule has 0 N–H and O–H groups in total. The molecule has 2 aromatic rings. The molecule has 0 aliphatic carbocycles. The fraction of sp³-hybridized carbons (Fsp3) is 0.333. The molecule has 2 aliphatic heterocycles. The highest BCUT2D eigenvalue weighted by Gasteiger charge is 2.42. The lowest BCUT2D eigenvalue weighted by molar-refractivity contribution is -0.0867. The highest BCUT2D eigenvalue weighted by atomic mass is 16.5. The number of para-hydroxylation sites is 1. The van der Waals surface area contributed by atoms with Crippen LogP contribution in [0.15, 0.2) is 53.2 Å². The molecule has 2 atom stereocenters. The van der Waals surface area contributed by atoms with E-state index in [4.69, 9.17) is 13.9 Å². The Hall–Kier alpha value is -2.00. The average Bonchev–Trinajstić information content (AvgIpc) is 2.99. The molecule has 0 fully saturated rings. The van der Waals surface area contributed by atoms with E-state index in [1.807, 2.05) is 24.3 Å². The van der Waals surface area contributed by atoms with Crippen LogP contribution < -0.4 is 4.74 Å². The molecule has 0 saturated heterocycles. The maximum Gasteiger partial charge on any atom is 0.133 e. The van der Waals surface area contributed by atoms with Crippen LogP contribution in [0, 0.1) is 5.92 Å². The van der Waals surface area contributed by atoms with E-state index in [1.165, 1.54) is 11.1 Å². The van der Waals surface area contributed by atoms with Crippen molar-refractivity contribution in [3.05, 3.63) is 60.1 Å².